The van der Waals surface area contributed by atoms with Crippen LogP contribution in [0.2, 0.25) is 0 Å². The molecule has 1 aliphatic heterocycles. The van der Waals surface area contributed by atoms with Crippen molar-refractivity contribution in [2.24, 2.45) is 5.41 Å². The Morgan fingerprint density at radius 1 is 1.13 bits per heavy atom. The van der Waals surface area contributed by atoms with Gasteiger partial charge in [-0.2, -0.15) is 5.10 Å². The Morgan fingerprint density at radius 3 is 2.60 bits per heavy atom. The van der Waals surface area contributed by atoms with Gasteiger partial charge in [0.05, 0.1) is 22.6 Å². The second kappa shape index (κ2) is 6.55. The molecular weight excluding hydrogens is 381 g/mol. The molecule has 30 heavy (non-hydrogen) atoms. The second-order valence-corrected chi connectivity index (χ2v) is 8.40. The van der Waals surface area contributed by atoms with E-state index in [1.807, 2.05) is 23.7 Å². The molecule has 1 aromatic heterocycles. The molecule has 1 fully saturated rings. The molecule has 0 unspecified atom stereocenters. The number of aromatic nitrogens is 2. The molecule has 1 amide bonds. The molecule has 152 valence electrons. The topological polar surface area (TPSA) is 58.4 Å². The number of halogens is 1. The lowest BCUT2D eigenvalue weighted by Gasteiger charge is -2.53. The summed E-state index contributed by atoms with van der Waals surface area (Å²) in [6.45, 7) is 5.17. The van der Waals surface area contributed by atoms with Gasteiger partial charge in [0.1, 0.15) is 11.6 Å². The van der Waals surface area contributed by atoms with E-state index in [4.69, 9.17) is 0 Å². The van der Waals surface area contributed by atoms with Crippen LogP contribution in [0.3, 0.4) is 0 Å². The fourth-order valence-electron chi connectivity index (χ4n) is 4.51. The van der Waals surface area contributed by atoms with Gasteiger partial charge in [-0.3, -0.25) is 4.79 Å². The third kappa shape index (κ3) is 2.91. The highest BCUT2D eigenvalue weighted by Crippen LogP contribution is 2.50. The predicted octanol–water partition coefficient (Wildman–Crippen LogP) is 4.26. The van der Waals surface area contributed by atoms with Crippen LogP contribution < -0.4 is 0 Å². The molecule has 1 aliphatic carbocycles. The van der Waals surface area contributed by atoms with Gasteiger partial charge in [-0.05, 0) is 61.7 Å². The summed E-state index contributed by atoms with van der Waals surface area (Å²) in [5.41, 5.74) is 5.34. The fourth-order valence-corrected chi connectivity index (χ4v) is 4.51. The number of aromatic hydroxyl groups is 1. The monoisotopic (exact) mass is 403 g/mol. The summed E-state index contributed by atoms with van der Waals surface area (Å²) in [5.74, 6) is -1.10. The Bertz CT molecular complexity index is 1200. The van der Waals surface area contributed by atoms with Crippen LogP contribution in [0.5, 0.6) is 5.75 Å². The number of carbonyl (C=O) groups excluding carboxylic acids is 1. The highest BCUT2D eigenvalue weighted by atomic mass is 19.1. The number of phenols is 1. The minimum atomic E-state index is -0.610. The number of hydrogen-bond donors (Lipinski definition) is 1. The zero-order chi connectivity index (χ0) is 21.0. The zero-order valence-corrected chi connectivity index (χ0v) is 16.9. The average Bonchev–Trinajstić information content (AvgIpc) is 3.03. The Kier molecular flexibility index (Phi) is 4.07. The van der Waals surface area contributed by atoms with Gasteiger partial charge in [-0.1, -0.05) is 24.3 Å². The van der Waals surface area contributed by atoms with Crippen molar-refractivity contribution in [1.82, 2.24) is 14.7 Å². The van der Waals surface area contributed by atoms with Crippen LogP contribution in [0, 0.1) is 25.1 Å². The molecule has 5 nitrogen and oxygen atoms in total. The summed E-state index contributed by atoms with van der Waals surface area (Å²) in [5, 5.41) is 14.2. The highest BCUT2D eigenvalue weighted by molar-refractivity contribution is 5.96. The van der Waals surface area contributed by atoms with E-state index in [9.17, 15) is 14.3 Å². The SMILES string of the molecule is Cc1cc(C2=CC3(C2)CN(C(=O)c2cc(O)ccc2F)C3)n(-c2ccccc2C)n1. The number of para-hydroxylation sites is 1. The lowest BCUT2D eigenvalue weighted by molar-refractivity contribution is 0.0242. The van der Waals surface area contributed by atoms with Crippen LogP contribution in [0.4, 0.5) is 4.39 Å². The van der Waals surface area contributed by atoms with Crippen LogP contribution in [-0.4, -0.2) is 38.8 Å². The zero-order valence-electron chi connectivity index (χ0n) is 16.9. The Balaban J connectivity index is 1.35. The van der Waals surface area contributed by atoms with E-state index >= 15 is 0 Å². The largest absolute Gasteiger partial charge is 0.508 e. The molecule has 0 radical (unpaired) electrons. The van der Waals surface area contributed by atoms with Crippen molar-refractivity contribution in [2.75, 3.05) is 13.1 Å². The first-order valence-corrected chi connectivity index (χ1v) is 9.98. The maximum absolute atomic E-state index is 14.0. The van der Waals surface area contributed by atoms with Crippen LogP contribution >= 0.6 is 0 Å². The summed E-state index contributed by atoms with van der Waals surface area (Å²) in [7, 11) is 0. The van der Waals surface area contributed by atoms with E-state index < -0.39 is 5.82 Å². The van der Waals surface area contributed by atoms with E-state index in [-0.39, 0.29) is 22.6 Å². The van der Waals surface area contributed by atoms with Gasteiger partial charge in [-0.25, -0.2) is 9.07 Å². The van der Waals surface area contributed by atoms with Crippen LogP contribution in [0.1, 0.15) is 33.7 Å². The molecule has 1 N–H and O–H groups in total. The van der Waals surface area contributed by atoms with Gasteiger partial charge in [-0.15, -0.1) is 0 Å². The predicted molar refractivity (Wildman–Crippen MR) is 112 cm³/mol. The first-order chi connectivity index (χ1) is 14.3. The Morgan fingerprint density at radius 2 is 1.87 bits per heavy atom. The Labute approximate surface area is 174 Å². The molecule has 3 aromatic rings. The lowest BCUT2D eigenvalue weighted by atomic mass is 9.65. The van der Waals surface area contributed by atoms with Gasteiger partial charge in [0, 0.05) is 18.5 Å². The van der Waals surface area contributed by atoms with Gasteiger partial charge < -0.3 is 10.0 Å². The minimum absolute atomic E-state index is 0.0486. The molecular formula is C24H22FN3O2. The number of carbonyl (C=O) groups is 1. The first-order valence-electron chi connectivity index (χ1n) is 9.98. The number of aryl methyl sites for hydroxylation is 2. The van der Waals surface area contributed by atoms with E-state index in [2.05, 4.69) is 36.3 Å². The van der Waals surface area contributed by atoms with E-state index in [1.165, 1.54) is 17.7 Å². The molecule has 2 heterocycles. The quantitative estimate of drug-likeness (QED) is 0.711. The molecule has 2 aliphatic rings. The maximum Gasteiger partial charge on any atom is 0.257 e. The normalized spacial score (nSPS) is 16.8. The molecule has 0 atom stereocenters. The van der Waals surface area contributed by atoms with Crippen molar-refractivity contribution in [3.63, 3.8) is 0 Å². The third-order valence-corrected chi connectivity index (χ3v) is 6.01. The smallest absolute Gasteiger partial charge is 0.257 e. The number of benzene rings is 2. The molecule has 1 spiro atoms. The summed E-state index contributed by atoms with van der Waals surface area (Å²) >= 11 is 0. The van der Waals surface area contributed by atoms with Gasteiger partial charge >= 0.3 is 0 Å². The lowest BCUT2D eigenvalue weighted by Crippen LogP contribution is -2.60. The number of amides is 1. The Hall–Kier alpha value is -3.41. The summed E-state index contributed by atoms with van der Waals surface area (Å²) < 4.78 is 16.0. The van der Waals surface area contributed by atoms with Crippen molar-refractivity contribution < 1.29 is 14.3 Å². The van der Waals surface area contributed by atoms with E-state index in [0.717, 1.165) is 35.1 Å². The highest BCUT2D eigenvalue weighted by Gasteiger charge is 2.49. The third-order valence-electron chi connectivity index (χ3n) is 6.01. The van der Waals surface area contributed by atoms with Gasteiger partial charge in [0.2, 0.25) is 0 Å². The van der Waals surface area contributed by atoms with Crippen molar-refractivity contribution >= 4 is 11.5 Å². The number of allylic oxidation sites excluding steroid dienone is 1. The number of likely N-dealkylation sites (tertiary alicyclic amines) is 1. The van der Waals surface area contributed by atoms with Crippen molar-refractivity contribution in [3.8, 4) is 11.4 Å². The second-order valence-electron chi connectivity index (χ2n) is 8.40. The van der Waals surface area contributed by atoms with Gasteiger partial charge in [0.25, 0.3) is 5.91 Å². The molecule has 6 heteroatoms. The number of hydrogen-bond acceptors (Lipinski definition) is 3. The standard InChI is InChI=1S/C24H22FN3O2/c1-15-5-3-4-6-21(15)28-22(9-16(2)26-28)17-11-24(12-17)13-27(14-24)23(30)19-10-18(29)7-8-20(19)25/h3-11,29H,12-14H2,1-2H3. The van der Waals surface area contributed by atoms with Crippen LogP contribution in [-0.2, 0) is 0 Å². The van der Waals surface area contributed by atoms with Crippen molar-refractivity contribution in [3.05, 3.63) is 82.9 Å². The number of nitrogens with zero attached hydrogens (tertiary/aromatic N) is 3. The molecule has 0 bridgehead atoms. The molecule has 0 saturated carbocycles. The van der Waals surface area contributed by atoms with Gasteiger partial charge in [0.15, 0.2) is 0 Å². The molecule has 5 rings (SSSR count). The first kappa shape index (κ1) is 18.6. The molecule has 2 aromatic carbocycles. The van der Waals surface area contributed by atoms with E-state index in [0.29, 0.717) is 13.1 Å². The van der Waals surface area contributed by atoms with E-state index in [1.54, 1.807) is 4.90 Å². The average molecular weight is 403 g/mol. The van der Waals surface area contributed by atoms with Crippen LogP contribution in [0.25, 0.3) is 11.3 Å². The number of rotatable bonds is 3. The molecule has 1 saturated heterocycles. The van der Waals surface area contributed by atoms with Crippen molar-refractivity contribution in [2.45, 2.75) is 20.3 Å². The summed E-state index contributed by atoms with van der Waals surface area (Å²) in [6, 6.07) is 13.8. The number of phenolic OH excluding ortho intramolecular Hbond substituents is 1. The van der Waals surface area contributed by atoms with Crippen LogP contribution in [0.15, 0.2) is 54.6 Å². The fraction of sp³-hybridized carbons (Fsp3) is 0.250. The maximum atomic E-state index is 14.0. The van der Waals surface area contributed by atoms with Crippen molar-refractivity contribution in [1.29, 1.82) is 0 Å². The summed E-state index contributed by atoms with van der Waals surface area (Å²) in [4.78, 5) is 14.2. The summed E-state index contributed by atoms with van der Waals surface area (Å²) in [6.07, 6.45) is 3.08. The minimum Gasteiger partial charge on any atom is -0.508 e.